The Bertz CT molecular complexity index is 544. The summed E-state index contributed by atoms with van der Waals surface area (Å²) >= 11 is 0. The summed E-state index contributed by atoms with van der Waals surface area (Å²) in [6.45, 7) is 0. The average molecular weight is 241 g/mol. The molecular weight excluding hydrogens is 222 g/mol. The van der Waals surface area contributed by atoms with Gasteiger partial charge in [0, 0.05) is 17.6 Å². The molecule has 3 rings (SSSR count). The molecule has 0 amide bonds. The maximum absolute atomic E-state index is 6.10. The maximum atomic E-state index is 6.10. The van der Waals surface area contributed by atoms with Crippen molar-refractivity contribution in [2.24, 2.45) is 0 Å². The molecule has 1 saturated carbocycles. The van der Waals surface area contributed by atoms with E-state index in [4.69, 9.17) is 5.73 Å². The number of fused-ring (bicyclic) bond motifs is 1. The molecule has 0 saturated heterocycles. The first-order valence-corrected chi connectivity index (χ1v) is 6.74. The van der Waals surface area contributed by atoms with Crippen LogP contribution in [0.5, 0.6) is 0 Å². The van der Waals surface area contributed by atoms with Crippen LogP contribution < -0.4 is 11.1 Å². The summed E-state index contributed by atoms with van der Waals surface area (Å²) < 4.78 is 0. The lowest BCUT2D eigenvalue weighted by Crippen LogP contribution is -2.23. The fourth-order valence-electron chi connectivity index (χ4n) is 2.76. The Morgan fingerprint density at radius 3 is 2.78 bits per heavy atom. The molecule has 0 aliphatic heterocycles. The third-order valence-corrected chi connectivity index (χ3v) is 3.76. The van der Waals surface area contributed by atoms with Crippen LogP contribution in [0.4, 0.5) is 11.4 Å². The van der Waals surface area contributed by atoms with E-state index in [2.05, 4.69) is 16.4 Å². The molecule has 94 valence electrons. The highest BCUT2D eigenvalue weighted by molar-refractivity contribution is 5.96. The van der Waals surface area contributed by atoms with Gasteiger partial charge in [-0.3, -0.25) is 4.98 Å². The average Bonchev–Trinajstić information content (AvgIpc) is 2.43. The molecule has 3 nitrogen and oxygen atoms in total. The van der Waals surface area contributed by atoms with Crippen LogP contribution in [0.2, 0.25) is 0 Å². The van der Waals surface area contributed by atoms with Gasteiger partial charge in [-0.15, -0.1) is 0 Å². The zero-order valence-corrected chi connectivity index (χ0v) is 10.5. The van der Waals surface area contributed by atoms with Gasteiger partial charge in [0.1, 0.15) is 0 Å². The summed E-state index contributed by atoms with van der Waals surface area (Å²) in [6, 6.07) is 8.59. The standard InChI is InChI=1S/C15H19N3/c16-13-9-8-11-5-4-10-17-14(11)15(13)18-12-6-2-1-3-7-12/h4-5,8-10,12,18H,1-3,6-7,16H2. The van der Waals surface area contributed by atoms with Crippen LogP contribution >= 0.6 is 0 Å². The minimum Gasteiger partial charge on any atom is -0.397 e. The molecule has 1 fully saturated rings. The van der Waals surface area contributed by atoms with Crippen molar-refractivity contribution in [3.63, 3.8) is 0 Å². The monoisotopic (exact) mass is 241 g/mol. The van der Waals surface area contributed by atoms with Gasteiger partial charge < -0.3 is 11.1 Å². The number of nitrogens with one attached hydrogen (secondary N) is 1. The normalized spacial score (nSPS) is 16.9. The molecule has 0 bridgehead atoms. The van der Waals surface area contributed by atoms with E-state index in [1.807, 2.05) is 24.4 Å². The second-order valence-corrected chi connectivity index (χ2v) is 5.08. The van der Waals surface area contributed by atoms with Crippen LogP contribution in [0.3, 0.4) is 0 Å². The third kappa shape index (κ3) is 2.13. The molecule has 1 aromatic carbocycles. The SMILES string of the molecule is Nc1ccc2cccnc2c1NC1CCCCC1. The largest absolute Gasteiger partial charge is 0.397 e. The number of benzene rings is 1. The molecule has 1 aliphatic carbocycles. The molecule has 3 heteroatoms. The number of rotatable bonds is 2. The number of hydrogen-bond donors (Lipinski definition) is 2. The summed E-state index contributed by atoms with van der Waals surface area (Å²) in [5.41, 5.74) is 8.90. The number of aromatic nitrogens is 1. The molecular formula is C15H19N3. The zero-order valence-electron chi connectivity index (χ0n) is 10.5. The predicted molar refractivity (Wildman–Crippen MR) is 76.7 cm³/mol. The minimum atomic E-state index is 0.550. The van der Waals surface area contributed by atoms with E-state index >= 15 is 0 Å². The molecule has 1 heterocycles. The van der Waals surface area contributed by atoms with Gasteiger partial charge in [0.25, 0.3) is 0 Å². The minimum absolute atomic E-state index is 0.550. The lowest BCUT2D eigenvalue weighted by molar-refractivity contribution is 0.463. The summed E-state index contributed by atoms with van der Waals surface area (Å²) in [4.78, 5) is 4.46. The first kappa shape index (κ1) is 11.3. The van der Waals surface area contributed by atoms with Crippen LogP contribution in [-0.2, 0) is 0 Å². The Morgan fingerprint density at radius 1 is 1.11 bits per heavy atom. The number of nitrogens with zero attached hydrogens (tertiary/aromatic N) is 1. The summed E-state index contributed by atoms with van der Waals surface area (Å²) in [6.07, 6.45) is 8.30. The lowest BCUT2D eigenvalue weighted by atomic mass is 9.95. The van der Waals surface area contributed by atoms with Crippen molar-refractivity contribution in [2.75, 3.05) is 11.1 Å². The highest BCUT2D eigenvalue weighted by atomic mass is 15.0. The van der Waals surface area contributed by atoms with Crippen molar-refractivity contribution in [3.05, 3.63) is 30.5 Å². The van der Waals surface area contributed by atoms with E-state index in [-0.39, 0.29) is 0 Å². The number of nitrogens with two attached hydrogens (primary N) is 1. The van der Waals surface area contributed by atoms with Crippen molar-refractivity contribution in [3.8, 4) is 0 Å². The number of nitrogen functional groups attached to an aromatic ring is 1. The molecule has 2 aromatic rings. The van der Waals surface area contributed by atoms with E-state index in [9.17, 15) is 0 Å². The maximum Gasteiger partial charge on any atom is 0.0954 e. The molecule has 18 heavy (non-hydrogen) atoms. The van der Waals surface area contributed by atoms with Crippen molar-refractivity contribution in [1.29, 1.82) is 0 Å². The van der Waals surface area contributed by atoms with Crippen LogP contribution in [0.15, 0.2) is 30.5 Å². The van der Waals surface area contributed by atoms with Crippen LogP contribution in [0.25, 0.3) is 10.9 Å². The van der Waals surface area contributed by atoms with Gasteiger partial charge >= 0.3 is 0 Å². The summed E-state index contributed by atoms with van der Waals surface area (Å²) in [5, 5.41) is 4.75. The highest BCUT2D eigenvalue weighted by Crippen LogP contribution is 2.30. The van der Waals surface area contributed by atoms with E-state index < -0.39 is 0 Å². The zero-order chi connectivity index (χ0) is 12.4. The van der Waals surface area contributed by atoms with E-state index in [1.165, 1.54) is 32.1 Å². The Morgan fingerprint density at radius 2 is 1.94 bits per heavy atom. The smallest absolute Gasteiger partial charge is 0.0954 e. The first-order chi connectivity index (χ1) is 8.84. The Balaban J connectivity index is 1.96. The van der Waals surface area contributed by atoms with Crippen LogP contribution in [0.1, 0.15) is 32.1 Å². The predicted octanol–water partition coefficient (Wildman–Crippen LogP) is 3.56. The Kier molecular flexibility index (Phi) is 3.05. The van der Waals surface area contributed by atoms with Crippen LogP contribution in [-0.4, -0.2) is 11.0 Å². The van der Waals surface area contributed by atoms with E-state index in [0.29, 0.717) is 6.04 Å². The van der Waals surface area contributed by atoms with Gasteiger partial charge in [-0.1, -0.05) is 31.4 Å². The van der Waals surface area contributed by atoms with Gasteiger partial charge in [-0.2, -0.15) is 0 Å². The molecule has 1 aromatic heterocycles. The topological polar surface area (TPSA) is 50.9 Å². The van der Waals surface area contributed by atoms with Crippen molar-refractivity contribution >= 4 is 22.3 Å². The quantitative estimate of drug-likeness (QED) is 0.790. The van der Waals surface area contributed by atoms with Gasteiger partial charge in [-0.25, -0.2) is 0 Å². The van der Waals surface area contributed by atoms with Crippen molar-refractivity contribution in [2.45, 2.75) is 38.1 Å². The summed E-state index contributed by atoms with van der Waals surface area (Å²) in [7, 11) is 0. The van der Waals surface area contributed by atoms with Gasteiger partial charge in [0.15, 0.2) is 0 Å². The first-order valence-electron chi connectivity index (χ1n) is 6.74. The number of hydrogen-bond acceptors (Lipinski definition) is 3. The van der Waals surface area contributed by atoms with Gasteiger partial charge in [0.2, 0.25) is 0 Å². The Hall–Kier alpha value is -1.77. The molecule has 0 spiro atoms. The fraction of sp³-hybridized carbons (Fsp3) is 0.400. The molecule has 0 unspecified atom stereocenters. The molecule has 3 N–H and O–H groups in total. The molecule has 1 aliphatic rings. The van der Waals surface area contributed by atoms with E-state index in [0.717, 1.165) is 22.3 Å². The van der Waals surface area contributed by atoms with Gasteiger partial charge in [0.05, 0.1) is 16.9 Å². The number of pyridine rings is 1. The number of anilines is 2. The molecule has 0 atom stereocenters. The highest BCUT2D eigenvalue weighted by Gasteiger charge is 2.15. The van der Waals surface area contributed by atoms with Crippen molar-refractivity contribution in [1.82, 2.24) is 4.98 Å². The van der Waals surface area contributed by atoms with Crippen LogP contribution in [0, 0.1) is 0 Å². The molecule has 0 radical (unpaired) electrons. The fourth-order valence-corrected chi connectivity index (χ4v) is 2.76. The van der Waals surface area contributed by atoms with Gasteiger partial charge in [-0.05, 0) is 25.0 Å². The third-order valence-electron chi connectivity index (χ3n) is 3.76. The second-order valence-electron chi connectivity index (χ2n) is 5.08. The lowest BCUT2D eigenvalue weighted by Gasteiger charge is -2.25. The summed E-state index contributed by atoms with van der Waals surface area (Å²) in [5.74, 6) is 0. The van der Waals surface area contributed by atoms with Crippen molar-refractivity contribution < 1.29 is 0 Å². The second kappa shape index (κ2) is 4.84. The van der Waals surface area contributed by atoms with E-state index in [1.54, 1.807) is 0 Å². The Labute approximate surface area is 107 Å².